The van der Waals surface area contributed by atoms with Crippen molar-refractivity contribution >= 4 is 69.8 Å². The van der Waals surface area contributed by atoms with Crippen LogP contribution in [0.1, 0.15) is 21.5 Å². The van der Waals surface area contributed by atoms with Gasteiger partial charge < -0.3 is 10.6 Å². The molecule has 158 valence electrons. The fraction of sp³-hybridized carbons (Fsp3) is 0.190. The number of carbonyl (C=O) groups is 1. The molecule has 0 fully saturated rings. The van der Waals surface area contributed by atoms with Crippen LogP contribution in [-0.2, 0) is 13.0 Å². The number of halogens is 3. The van der Waals surface area contributed by atoms with Gasteiger partial charge in [0.15, 0.2) is 0 Å². The summed E-state index contributed by atoms with van der Waals surface area (Å²) in [5, 5.41) is 8.73. The van der Waals surface area contributed by atoms with Crippen molar-refractivity contribution in [1.29, 1.82) is 0 Å². The molecule has 31 heavy (non-hydrogen) atoms. The van der Waals surface area contributed by atoms with Crippen LogP contribution < -0.4 is 15.5 Å². The molecule has 0 saturated carbocycles. The van der Waals surface area contributed by atoms with Crippen LogP contribution in [0.2, 0.25) is 15.1 Å². The summed E-state index contributed by atoms with van der Waals surface area (Å²) in [6.07, 6.45) is 2.44. The van der Waals surface area contributed by atoms with Gasteiger partial charge in [-0.15, -0.1) is 0 Å². The quantitative estimate of drug-likeness (QED) is 0.468. The predicted molar refractivity (Wildman–Crippen MR) is 126 cm³/mol. The van der Waals surface area contributed by atoms with Crippen molar-refractivity contribution in [2.45, 2.75) is 18.0 Å². The summed E-state index contributed by atoms with van der Waals surface area (Å²) in [4.78, 5) is 23.5. The number of aromatic nitrogens is 2. The summed E-state index contributed by atoms with van der Waals surface area (Å²) in [5.41, 5.74) is 4.05. The highest BCUT2D eigenvalue weighted by Gasteiger charge is 2.30. The molecule has 2 N–H and O–H groups in total. The summed E-state index contributed by atoms with van der Waals surface area (Å²) in [6.45, 7) is 1.70. The van der Waals surface area contributed by atoms with Crippen LogP contribution in [0, 0.1) is 0 Å². The Morgan fingerprint density at radius 1 is 1.13 bits per heavy atom. The van der Waals surface area contributed by atoms with E-state index in [1.807, 2.05) is 6.07 Å². The molecule has 0 radical (unpaired) electrons. The third-order valence-electron chi connectivity index (χ3n) is 5.18. The third-order valence-corrected chi connectivity index (χ3v) is 7.10. The highest BCUT2D eigenvalue weighted by molar-refractivity contribution is 7.99. The summed E-state index contributed by atoms with van der Waals surface area (Å²) in [5.74, 6) is 0.517. The van der Waals surface area contributed by atoms with Crippen LogP contribution in [0.15, 0.2) is 41.6 Å². The van der Waals surface area contributed by atoms with Gasteiger partial charge in [0.05, 0.1) is 27.2 Å². The number of hydrogen-bond donors (Lipinski definition) is 2. The molecule has 0 unspecified atom stereocenters. The van der Waals surface area contributed by atoms with Crippen molar-refractivity contribution in [2.24, 2.45) is 0 Å². The average Bonchev–Trinajstić information content (AvgIpc) is 2.75. The van der Waals surface area contributed by atoms with Crippen LogP contribution >= 0.6 is 46.6 Å². The van der Waals surface area contributed by atoms with E-state index in [2.05, 4.69) is 26.7 Å². The zero-order valence-corrected chi connectivity index (χ0v) is 19.2. The molecule has 2 aliphatic rings. The maximum absolute atomic E-state index is 13.1. The SMILES string of the molecule is O=C1c2cnc(Nc3cc(Cl)c4c(c3)CNCC4)nc2SCN1c1c(Cl)cccc1Cl. The van der Waals surface area contributed by atoms with Crippen molar-refractivity contribution < 1.29 is 4.79 Å². The number of para-hydroxylation sites is 1. The number of fused-ring (bicyclic) bond motifs is 2. The lowest BCUT2D eigenvalue weighted by molar-refractivity contribution is 0.0985. The number of thioether (sulfide) groups is 1. The van der Waals surface area contributed by atoms with Gasteiger partial charge in [0.1, 0.15) is 5.03 Å². The van der Waals surface area contributed by atoms with Gasteiger partial charge in [-0.25, -0.2) is 9.97 Å². The van der Waals surface area contributed by atoms with Crippen LogP contribution in [0.3, 0.4) is 0 Å². The number of anilines is 3. The third kappa shape index (κ3) is 3.97. The van der Waals surface area contributed by atoms with Gasteiger partial charge in [0.2, 0.25) is 5.95 Å². The van der Waals surface area contributed by atoms with E-state index < -0.39 is 0 Å². The number of carbonyl (C=O) groups excluding carboxylic acids is 1. The molecule has 0 saturated heterocycles. The van der Waals surface area contributed by atoms with Gasteiger partial charge >= 0.3 is 0 Å². The molecule has 3 aromatic rings. The first-order chi connectivity index (χ1) is 15.0. The maximum Gasteiger partial charge on any atom is 0.263 e. The lowest BCUT2D eigenvalue weighted by Gasteiger charge is -2.28. The molecule has 0 aliphatic carbocycles. The molecule has 1 aromatic heterocycles. The van der Waals surface area contributed by atoms with E-state index in [1.165, 1.54) is 23.5 Å². The summed E-state index contributed by atoms with van der Waals surface area (Å²) >= 11 is 20.5. The second-order valence-corrected chi connectivity index (χ2v) is 9.29. The van der Waals surface area contributed by atoms with Crippen LogP contribution in [0.4, 0.5) is 17.3 Å². The fourth-order valence-corrected chi connectivity index (χ4v) is 5.57. The van der Waals surface area contributed by atoms with E-state index in [1.54, 1.807) is 23.1 Å². The lowest BCUT2D eigenvalue weighted by Crippen LogP contribution is -2.35. The van der Waals surface area contributed by atoms with E-state index in [9.17, 15) is 4.79 Å². The molecule has 3 heterocycles. The Kier molecular flexibility index (Phi) is 5.71. The molecular weight excluding hydrogens is 477 g/mol. The number of hydrogen-bond acceptors (Lipinski definition) is 6. The Labute approximate surface area is 198 Å². The number of nitrogens with one attached hydrogen (secondary N) is 2. The largest absolute Gasteiger partial charge is 0.324 e. The van der Waals surface area contributed by atoms with E-state index in [-0.39, 0.29) is 5.91 Å². The zero-order valence-electron chi connectivity index (χ0n) is 16.1. The van der Waals surface area contributed by atoms with Gasteiger partial charge in [0, 0.05) is 23.5 Å². The Bertz CT molecular complexity index is 1190. The Hall–Kier alpha value is -2.03. The Morgan fingerprint density at radius 2 is 1.94 bits per heavy atom. The van der Waals surface area contributed by atoms with E-state index >= 15 is 0 Å². The molecule has 5 rings (SSSR count). The maximum atomic E-state index is 13.1. The first-order valence-electron chi connectivity index (χ1n) is 9.56. The van der Waals surface area contributed by atoms with E-state index in [0.717, 1.165) is 35.8 Å². The first-order valence-corrected chi connectivity index (χ1v) is 11.7. The minimum atomic E-state index is -0.238. The van der Waals surface area contributed by atoms with Gasteiger partial charge in [-0.1, -0.05) is 52.6 Å². The molecule has 0 bridgehead atoms. The minimum Gasteiger partial charge on any atom is -0.324 e. The number of benzene rings is 2. The molecule has 0 atom stereocenters. The number of amides is 1. The van der Waals surface area contributed by atoms with Gasteiger partial charge in [-0.05, 0) is 48.4 Å². The predicted octanol–water partition coefficient (Wildman–Crippen LogP) is 5.54. The van der Waals surface area contributed by atoms with Gasteiger partial charge in [0.25, 0.3) is 5.91 Å². The van der Waals surface area contributed by atoms with E-state index in [4.69, 9.17) is 34.8 Å². The van der Waals surface area contributed by atoms with Crippen LogP contribution in [0.25, 0.3) is 0 Å². The second-order valence-electron chi connectivity index (χ2n) is 7.14. The van der Waals surface area contributed by atoms with Crippen molar-refractivity contribution in [1.82, 2.24) is 15.3 Å². The summed E-state index contributed by atoms with van der Waals surface area (Å²) < 4.78 is 0. The number of rotatable bonds is 3. The molecule has 6 nitrogen and oxygen atoms in total. The van der Waals surface area contributed by atoms with Crippen molar-refractivity contribution in [2.75, 3.05) is 22.6 Å². The molecule has 2 aliphatic heterocycles. The second kappa shape index (κ2) is 8.48. The van der Waals surface area contributed by atoms with Crippen LogP contribution in [0.5, 0.6) is 0 Å². The molecular formula is C21H16Cl3N5OS. The molecule has 1 amide bonds. The topological polar surface area (TPSA) is 70.1 Å². The fourth-order valence-electron chi connectivity index (χ4n) is 3.69. The monoisotopic (exact) mass is 491 g/mol. The molecule has 2 aromatic carbocycles. The minimum absolute atomic E-state index is 0.238. The highest BCUT2D eigenvalue weighted by Crippen LogP contribution is 2.39. The van der Waals surface area contributed by atoms with Gasteiger partial charge in [-0.3, -0.25) is 9.69 Å². The Balaban J connectivity index is 1.41. The normalized spacial score (nSPS) is 15.5. The molecule has 10 heteroatoms. The summed E-state index contributed by atoms with van der Waals surface area (Å²) in [7, 11) is 0. The van der Waals surface area contributed by atoms with Gasteiger partial charge in [-0.2, -0.15) is 0 Å². The van der Waals surface area contributed by atoms with Crippen molar-refractivity contribution in [3.8, 4) is 0 Å². The van der Waals surface area contributed by atoms with Crippen LogP contribution in [-0.4, -0.2) is 28.3 Å². The first kappa shape index (κ1) is 20.8. The van der Waals surface area contributed by atoms with E-state index in [0.29, 0.717) is 38.1 Å². The zero-order chi connectivity index (χ0) is 21.5. The smallest absolute Gasteiger partial charge is 0.263 e. The van der Waals surface area contributed by atoms with Crippen molar-refractivity contribution in [3.05, 3.63) is 68.3 Å². The average molecular weight is 493 g/mol. The number of nitrogens with zero attached hydrogens (tertiary/aromatic N) is 3. The van der Waals surface area contributed by atoms with Crippen molar-refractivity contribution in [3.63, 3.8) is 0 Å². The summed E-state index contributed by atoms with van der Waals surface area (Å²) in [6, 6.07) is 9.09. The Morgan fingerprint density at radius 3 is 2.74 bits per heavy atom. The molecule has 0 spiro atoms. The lowest BCUT2D eigenvalue weighted by atomic mass is 10.0. The highest BCUT2D eigenvalue weighted by atomic mass is 35.5. The standard InChI is InChI=1S/C21H16Cl3N5OS/c22-15-2-1-3-16(23)18(15)29-10-31-19-14(20(29)30)9-26-21(28-19)27-12-6-11-8-25-5-4-13(11)17(24)7-12/h1-3,6-7,9,25H,4-5,8,10H2,(H,26,27,28).